The summed E-state index contributed by atoms with van der Waals surface area (Å²) in [6.45, 7) is 0.159. The van der Waals surface area contributed by atoms with Gasteiger partial charge in [-0.3, -0.25) is 9.78 Å². The Bertz CT molecular complexity index is 573. The van der Waals surface area contributed by atoms with Crippen molar-refractivity contribution in [3.63, 3.8) is 0 Å². The molecule has 1 aromatic heterocycles. The molecule has 0 saturated heterocycles. The minimum atomic E-state index is -3.62. The number of nitrogens with zero attached hydrogens (tertiary/aromatic N) is 2. The number of carboxylic acid groups (broad SMARTS) is 1. The SMILES string of the molecule is CN(Cc1ccccn1)S(=O)(=O)C1CCCC1C(=O)O. The van der Waals surface area contributed by atoms with Crippen molar-refractivity contribution in [2.75, 3.05) is 7.05 Å². The van der Waals surface area contributed by atoms with Crippen molar-refractivity contribution in [3.05, 3.63) is 30.1 Å². The second kappa shape index (κ2) is 5.88. The van der Waals surface area contributed by atoms with E-state index in [0.29, 0.717) is 25.0 Å². The lowest BCUT2D eigenvalue weighted by Crippen LogP contribution is -2.40. The normalized spacial score (nSPS) is 23.1. The zero-order valence-corrected chi connectivity index (χ0v) is 12.1. The molecule has 0 aromatic carbocycles. The Morgan fingerprint density at radius 1 is 1.45 bits per heavy atom. The minimum Gasteiger partial charge on any atom is -0.481 e. The van der Waals surface area contributed by atoms with E-state index in [9.17, 15) is 13.2 Å². The van der Waals surface area contributed by atoms with Crippen molar-refractivity contribution < 1.29 is 18.3 Å². The van der Waals surface area contributed by atoms with E-state index in [1.54, 1.807) is 24.4 Å². The van der Waals surface area contributed by atoms with Crippen LogP contribution < -0.4 is 0 Å². The van der Waals surface area contributed by atoms with Crippen LogP contribution in [0.3, 0.4) is 0 Å². The smallest absolute Gasteiger partial charge is 0.307 e. The maximum atomic E-state index is 12.5. The van der Waals surface area contributed by atoms with E-state index in [1.165, 1.54) is 11.4 Å². The number of hydrogen-bond acceptors (Lipinski definition) is 4. The van der Waals surface area contributed by atoms with Crippen molar-refractivity contribution in [1.29, 1.82) is 0 Å². The molecule has 1 saturated carbocycles. The summed E-state index contributed by atoms with van der Waals surface area (Å²) in [4.78, 5) is 15.2. The lowest BCUT2D eigenvalue weighted by molar-refractivity contribution is -0.141. The zero-order valence-electron chi connectivity index (χ0n) is 11.3. The third-order valence-corrected chi connectivity index (χ3v) is 6.02. The highest BCUT2D eigenvalue weighted by molar-refractivity contribution is 7.89. The monoisotopic (exact) mass is 298 g/mol. The highest BCUT2D eigenvalue weighted by atomic mass is 32.2. The van der Waals surface area contributed by atoms with E-state index in [-0.39, 0.29) is 6.54 Å². The van der Waals surface area contributed by atoms with Crippen LogP contribution in [0.5, 0.6) is 0 Å². The third-order valence-electron chi connectivity index (χ3n) is 3.70. The van der Waals surface area contributed by atoms with E-state index >= 15 is 0 Å². The van der Waals surface area contributed by atoms with Crippen LogP contribution in [0.15, 0.2) is 24.4 Å². The van der Waals surface area contributed by atoms with E-state index < -0.39 is 27.2 Å². The largest absolute Gasteiger partial charge is 0.481 e. The molecular formula is C13H18N2O4S. The van der Waals surface area contributed by atoms with Crippen LogP contribution in [-0.2, 0) is 21.4 Å². The average molecular weight is 298 g/mol. The van der Waals surface area contributed by atoms with Gasteiger partial charge >= 0.3 is 5.97 Å². The first-order valence-electron chi connectivity index (χ1n) is 6.51. The second-order valence-corrected chi connectivity index (χ2v) is 7.29. The van der Waals surface area contributed by atoms with Gasteiger partial charge in [-0.05, 0) is 25.0 Å². The Kier molecular flexibility index (Phi) is 4.39. The molecule has 1 fully saturated rings. The summed E-state index contributed by atoms with van der Waals surface area (Å²) < 4.78 is 26.2. The fraction of sp³-hybridized carbons (Fsp3) is 0.538. The van der Waals surface area contributed by atoms with Crippen LogP contribution in [0.4, 0.5) is 0 Å². The Balaban J connectivity index is 2.15. The zero-order chi connectivity index (χ0) is 14.8. The maximum Gasteiger partial charge on any atom is 0.307 e. The summed E-state index contributed by atoms with van der Waals surface area (Å²) >= 11 is 0. The number of hydrogen-bond donors (Lipinski definition) is 1. The molecular weight excluding hydrogens is 280 g/mol. The minimum absolute atomic E-state index is 0.159. The molecule has 2 unspecified atom stereocenters. The topological polar surface area (TPSA) is 87.6 Å². The van der Waals surface area contributed by atoms with Gasteiger partial charge in [-0.2, -0.15) is 4.31 Å². The van der Waals surface area contributed by atoms with Gasteiger partial charge in [-0.15, -0.1) is 0 Å². The summed E-state index contributed by atoms with van der Waals surface area (Å²) in [5.41, 5.74) is 0.642. The molecule has 20 heavy (non-hydrogen) atoms. The van der Waals surface area contributed by atoms with Crippen LogP contribution in [0.25, 0.3) is 0 Å². The first-order chi connectivity index (χ1) is 9.43. The maximum absolute atomic E-state index is 12.5. The molecule has 1 N–H and O–H groups in total. The predicted molar refractivity (Wildman–Crippen MR) is 73.4 cm³/mol. The summed E-state index contributed by atoms with van der Waals surface area (Å²) in [7, 11) is -2.15. The molecule has 7 heteroatoms. The first-order valence-corrected chi connectivity index (χ1v) is 8.01. The third kappa shape index (κ3) is 2.99. The number of pyridine rings is 1. The fourth-order valence-electron chi connectivity index (χ4n) is 2.61. The number of aromatic nitrogens is 1. The predicted octanol–water partition coefficient (Wildman–Crippen LogP) is 1.10. The summed E-state index contributed by atoms with van der Waals surface area (Å²) in [5.74, 6) is -1.83. The molecule has 2 rings (SSSR count). The Labute approximate surface area is 118 Å². The van der Waals surface area contributed by atoms with Gasteiger partial charge < -0.3 is 5.11 Å². The van der Waals surface area contributed by atoms with Gasteiger partial charge in [0.1, 0.15) is 0 Å². The van der Waals surface area contributed by atoms with Crippen molar-refractivity contribution in [2.24, 2.45) is 5.92 Å². The summed E-state index contributed by atoms with van der Waals surface area (Å²) in [5, 5.41) is 8.30. The number of carbonyl (C=O) groups is 1. The molecule has 0 bridgehead atoms. The van der Waals surface area contributed by atoms with Gasteiger partial charge in [0.15, 0.2) is 0 Å². The van der Waals surface area contributed by atoms with Crippen molar-refractivity contribution >= 4 is 16.0 Å². The van der Waals surface area contributed by atoms with Gasteiger partial charge in [-0.1, -0.05) is 12.5 Å². The Hall–Kier alpha value is -1.47. The molecule has 1 heterocycles. The van der Waals surface area contributed by atoms with Gasteiger partial charge in [0.2, 0.25) is 10.0 Å². The van der Waals surface area contributed by atoms with E-state index in [4.69, 9.17) is 5.11 Å². The molecule has 0 aliphatic heterocycles. The highest BCUT2D eigenvalue weighted by Gasteiger charge is 2.43. The molecule has 0 spiro atoms. The van der Waals surface area contributed by atoms with Gasteiger partial charge in [0, 0.05) is 13.2 Å². The van der Waals surface area contributed by atoms with Crippen LogP contribution in [0, 0.1) is 5.92 Å². The molecule has 110 valence electrons. The van der Waals surface area contributed by atoms with Gasteiger partial charge in [0.05, 0.1) is 23.4 Å². The molecule has 1 aliphatic rings. The quantitative estimate of drug-likeness (QED) is 0.879. The lowest BCUT2D eigenvalue weighted by atomic mass is 10.1. The fourth-order valence-corrected chi connectivity index (χ4v) is 4.51. The Morgan fingerprint density at radius 3 is 2.80 bits per heavy atom. The first kappa shape index (κ1) is 14.9. The van der Waals surface area contributed by atoms with E-state index in [1.807, 2.05) is 0 Å². The molecule has 1 aromatic rings. The number of sulfonamides is 1. The van der Waals surface area contributed by atoms with Crippen molar-refractivity contribution in [3.8, 4) is 0 Å². The van der Waals surface area contributed by atoms with E-state index in [0.717, 1.165) is 0 Å². The molecule has 2 atom stereocenters. The summed E-state index contributed by atoms with van der Waals surface area (Å²) in [6.07, 6.45) is 3.08. The standard InChI is InChI=1S/C13H18N2O4S/c1-15(9-10-5-2-3-8-14-10)20(18,19)12-7-4-6-11(12)13(16)17/h2-3,5,8,11-12H,4,6-7,9H2,1H3,(H,16,17). The molecule has 0 radical (unpaired) electrons. The van der Waals surface area contributed by atoms with Crippen molar-refractivity contribution in [1.82, 2.24) is 9.29 Å². The number of aliphatic carboxylic acids is 1. The summed E-state index contributed by atoms with van der Waals surface area (Å²) in [6, 6.07) is 5.29. The van der Waals surface area contributed by atoms with Gasteiger partial charge in [-0.25, -0.2) is 8.42 Å². The Morgan fingerprint density at radius 2 is 2.20 bits per heavy atom. The average Bonchev–Trinajstić information content (AvgIpc) is 2.89. The van der Waals surface area contributed by atoms with Crippen LogP contribution in [-0.4, -0.2) is 41.1 Å². The number of carboxylic acids is 1. The van der Waals surface area contributed by atoms with Crippen molar-refractivity contribution in [2.45, 2.75) is 31.1 Å². The van der Waals surface area contributed by atoms with Crippen LogP contribution in [0.2, 0.25) is 0 Å². The lowest BCUT2D eigenvalue weighted by Gasteiger charge is -2.23. The molecule has 1 aliphatic carbocycles. The molecule has 6 nitrogen and oxygen atoms in total. The van der Waals surface area contributed by atoms with Gasteiger partial charge in [0.25, 0.3) is 0 Å². The highest BCUT2D eigenvalue weighted by Crippen LogP contribution is 2.33. The second-order valence-electron chi connectivity index (χ2n) is 5.04. The number of rotatable bonds is 5. The van der Waals surface area contributed by atoms with E-state index in [2.05, 4.69) is 4.98 Å². The molecule has 0 amide bonds. The van der Waals surface area contributed by atoms with Crippen LogP contribution in [0.1, 0.15) is 25.0 Å². The van der Waals surface area contributed by atoms with Crippen LogP contribution >= 0.6 is 0 Å².